The Morgan fingerprint density at radius 3 is 2.25 bits per heavy atom. The van der Waals surface area contributed by atoms with Crippen molar-refractivity contribution in [2.75, 3.05) is 5.32 Å². The first-order valence-corrected chi connectivity index (χ1v) is 7.72. The number of amides is 3. The minimum Gasteiger partial charge on any atom is -0.505 e. The van der Waals surface area contributed by atoms with Crippen molar-refractivity contribution in [2.24, 2.45) is 16.0 Å². The molecule has 2 aromatic carbocycles. The summed E-state index contributed by atoms with van der Waals surface area (Å²) in [4.78, 5) is 21.8. The quantitative estimate of drug-likeness (QED) is 0.690. The van der Waals surface area contributed by atoms with Crippen LogP contribution in [0.25, 0.3) is 10.8 Å². The van der Waals surface area contributed by atoms with Gasteiger partial charge in [0, 0.05) is 12.3 Å². The summed E-state index contributed by atoms with van der Waals surface area (Å²) < 4.78 is 0. The van der Waals surface area contributed by atoms with E-state index in [2.05, 4.69) is 15.5 Å². The van der Waals surface area contributed by atoms with Crippen molar-refractivity contribution in [1.29, 1.82) is 0 Å². The van der Waals surface area contributed by atoms with Gasteiger partial charge in [-0.2, -0.15) is 0 Å². The van der Waals surface area contributed by atoms with Crippen molar-refractivity contribution >= 4 is 34.1 Å². The fraction of sp³-hybridized carbons (Fsp3) is 0.294. The zero-order valence-corrected chi connectivity index (χ0v) is 14.6. The van der Waals surface area contributed by atoms with E-state index in [1.807, 2.05) is 27.7 Å². The van der Waals surface area contributed by atoms with Crippen LogP contribution in [0.1, 0.15) is 34.6 Å². The van der Waals surface area contributed by atoms with Crippen molar-refractivity contribution in [1.82, 2.24) is 0 Å². The average molecular weight is 332 g/mol. The lowest BCUT2D eigenvalue weighted by molar-refractivity contribution is -0.114. The predicted molar refractivity (Wildman–Crippen MR) is 96.7 cm³/mol. The van der Waals surface area contributed by atoms with Crippen LogP contribution in [0.15, 0.2) is 40.6 Å². The molecule has 4 N–H and O–H groups in total. The molecule has 0 aliphatic rings. The number of carbonyl (C=O) groups excluding carboxylic acids is 2. The van der Waals surface area contributed by atoms with Gasteiger partial charge < -0.3 is 16.2 Å². The zero-order chi connectivity index (χ0) is 18.7. The second-order valence-corrected chi connectivity index (χ2v) is 4.06. The van der Waals surface area contributed by atoms with Crippen LogP contribution in [-0.2, 0) is 4.79 Å². The summed E-state index contributed by atoms with van der Waals surface area (Å²) in [6, 6.07) is 7.41. The highest BCUT2D eigenvalue weighted by atomic mass is 16.3. The largest absolute Gasteiger partial charge is 0.505 e. The number of primary amides is 1. The Morgan fingerprint density at radius 2 is 1.71 bits per heavy atom. The first kappa shape index (κ1) is 21.0. The maximum Gasteiger partial charge on any atom is 0.356 e. The number of phenols is 1. The lowest BCUT2D eigenvalue weighted by Gasteiger charge is -2.09. The van der Waals surface area contributed by atoms with Gasteiger partial charge in [0.1, 0.15) is 5.69 Å². The molecule has 0 unspecified atom stereocenters. The van der Waals surface area contributed by atoms with Gasteiger partial charge in [0.05, 0.1) is 5.69 Å². The minimum atomic E-state index is -0.959. The van der Waals surface area contributed by atoms with Gasteiger partial charge in [0.2, 0.25) is 5.91 Å². The molecule has 2 rings (SSSR count). The van der Waals surface area contributed by atoms with E-state index in [4.69, 9.17) is 5.73 Å². The summed E-state index contributed by atoms with van der Waals surface area (Å²) >= 11 is 0. The topological polar surface area (TPSA) is 117 Å². The van der Waals surface area contributed by atoms with Crippen molar-refractivity contribution in [2.45, 2.75) is 34.6 Å². The molecule has 0 radical (unpaired) electrons. The highest BCUT2D eigenvalue weighted by Gasteiger charge is 2.11. The lowest BCUT2D eigenvalue weighted by Crippen LogP contribution is -2.06. The molecule has 2 aromatic rings. The van der Waals surface area contributed by atoms with Crippen LogP contribution in [-0.4, -0.2) is 17.0 Å². The molecule has 7 heteroatoms. The number of benzene rings is 2. The molecule has 0 heterocycles. The number of nitrogens with one attached hydrogen (secondary N) is 1. The SMILES string of the molecule is CC.CC.CC(=O)Nc1cccc2ccc(N=NC(N)=O)c(O)c12. The van der Waals surface area contributed by atoms with Gasteiger partial charge in [0.15, 0.2) is 5.75 Å². The molecule has 3 amide bonds. The smallest absolute Gasteiger partial charge is 0.356 e. The molecule has 0 aromatic heterocycles. The van der Waals surface area contributed by atoms with E-state index in [0.717, 1.165) is 0 Å². The standard InChI is InChI=1S/C13H12N4O3.2C2H6/c1-7(18)15-9-4-2-3-8-5-6-10(12(19)11(8)9)16-17-13(14)20;2*1-2/h2-6,19H,1H3,(H2,14,20)(H,15,18);2*1-2H3. The van der Waals surface area contributed by atoms with E-state index in [9.17, 15) is 14.7 Å². The number of phenolic OH excluding ortho intramolecular Hbond substituents is 1. The van der Waals surface area contributed by atoms with Gasteiger partial charge >= 0.3 is 6.03 Å². The van der Waals surface area contributed by atoms with E-state index < -0.39 is 6.03 Å². The second-order valence-electron chi connectivity index (χ2n) is 4.06. The monoisotopic (exact) mass is 332 g/mol. The first-order chi connectivity index (χ1) is 11.5. The fourth-order valence-electron chi connectivity index (χ4n) is 1.83. The van der Waals surface area contributed by atoms with Crippen LogP contribution in [0.4, 0.5) is 16.2 Å². The summed E-state index contributed by atoms with van der Waals surface area (Å²) in [5.74, 6) is -0.446. The summed E-state index contributed by atoms with van der Waals surface area (Å²) in [6.45, 7) is 9.37. The average Bonchev–Trinajstić information content (AvgIpc) is 2.57. The number of hydrogen-bond donors (Lipinski definition) is 3. The molecule has 130 valence electrons. The number of azo groups is 1. The number of aromatic hydroxyl groups is 1. The number of nitrogens with zero attached hydrogens (tertiary/aromatic N) is 2. The Kier molecular flexibility index (Phi) is 9.39. The number of hydrogen-bond acceptors (Lipinski definition) is 4. The molecule has 0 spiro atoms. The molecule has 0 atom stereocenters. The minimum absolute atomic E-state index is 0.0918. The Hall–Kier alpha value is -2.96. The lowest BCUT2D eigenvalue weighted by atomic mass is 10.1. The third-order valence-electron chi connectivity index (χ3n) is 2.56. The van der Waals surface area contributed by atoms with Gasteiger partial charge in [0.25, 0.3) is 0 Å². The summed E-state index contributed by atoms with van der Waals surface area (Å²) in [7, 11) is 0. The number of rotatable bonds is 2. The van der Waals surface area contributed by atoms with Crippen LogP contribution in [0, 0.1) is 0 Å². The van der Waals surface area contributed by atoms with Gasteiger partial charge in [-0.1, -0.05) is 51.0 Å². The Morgan fingerprint density at radius 1 is 1.08 bits per heavy atom. The van der Waals surface area contributed by atoms with Crippen molar-refractivity contribution in [3.05, 3.63) is 30.3 Å². The molecule has 0 saturated carbocycles. The van der Waals surface area contributed by atoms with Crippen LogP contribution in [0.5, 0.6) is 5.75 Å². The van der Waals surface area contributed by atoms with Gasteiger partial charge in [-0.15, -0.1) is 5.11 Å². The van der Waals surface area contributed by atoms with Crippen LogP contribution < -0.4 is 11.1 Å². The van der Waals surface area contributed by atoms with Crippen molar-refractivity contribution in [3.8, 4) is 5.75 Å². The Labute approximate surface area is 141 Å². The molecule has 24 heavy (non-hydrogen) atoms. The molecule has 0 aliphatic carbocycles. The number of fused-ring (bicyclic) bond motifs is 1. The Balaban J connectivity index is 0.00000123. The normalized spacial score (nSPS) is 9.54. The van der Waals surface area contributed by atoms with Crippen LogP contribution >= 0.6 is 0 Å². The number of nitrogens with two attached hydrogens (primary N) is 1. The van der Waals surface area contributed by atoms with E-state index in [1.54, 1.807) is 24.3 Å². The van der Waals surface area contributed by atoms with Gasteiger partial charge in [-0.3, -0.25) is 4.79 Å². The number of anilines is 1. The van der Waals surface area contributed by atoms with Crippen molar-refractivity contribution in [3.63, 3.8) is 0 Å². The van der Waals surface area contributed by atoms with Gasteiger partial charge in [-0.25, -0.2) is 4.79 Å². The fourth-order valence-corrected chi connectivity index (χ4v) is 1.83. The Bertz CT molecular complexity index is 727. The van der Waals surface area contributed by atoms with Crippen molar-refractivity contribution < 1.29 is 14.7 Å². The van der Waals surface area contributed by atoms with Gasteiger partial charge in [-0.05, 0) is 17.5 Å². The third-order valence-corrected chi connectivity index (χ3v) is 2.56. The van der Waals surface area contributed by atoms with E-state index in [0.29, 0.717) is 16.5 Å². The highest BCUT2D eigenvalue weighted by molar-refractivity contribution is 6.06. The van der Waals surface area contributed by atoms with E-state index >= 15 is 0 Å². The summed E-state index contributed by atoms with van der Waals surface area (Å²) in [5, 5.41) is 20.7. The van der Waals surface area contributed by atoms with Crippen LogP contribution in [0.2, 0.25) is 0 Å². The second kappa shape index (κ2) is 10.7. The molecule has 0 saturated heterocycles. The highest BCUT2D eigenvalue weighted by Crippen LogP contribution is 2.39. The maximum atomic E-state index is 11.2. The number of carbonyl (C=O) groups is 2. The van der Waals surface area contributed by atoms with Crippen LogP contribution in [0.3, 0.4) is 0 Å². The molecule has 0 fully saturated rings. The maximum absolute atomic E-state index is 11.2. The summed E-state index contributed by atoms with van der Waals surface area (Å²) in [6.07, 6.45) is 0. The molecule has 0 bridgehead atoms. The molecular weight excluding hydrogens is 308 g/mol. The third kappa shape index (κ3) is 5.68. The van der Waals surface area contributed by atoms with E-state index in [-0.39, 0.29) is 17.3 Å². The zero-order valence-electron chi connectivity index (χ0n) is 14.6. The molecular formula is C17H24N4O3. The summed E-state index contributed by atoms with van der Waals surface area (Å²) in [5.41, 5.74) is 5.40. The number of urea groups is 1. The molecule has 0 aliphatic heterocycles. The molecule has 7 nitrogen and oxygen atoms in total. The van der Waals surface area contributed by atoms with E-state index in [1.165, 1.54) is 13.0 Å². The first-order valence-electron chi connectivity index (χ1n) is 7.72. The predicted octanol–water partition coefficient (Wildman–Crippen LogP) is 4.72.